The van der Waals surface area contributed by atoms with Crippen LogP contribution in [0.15, 0.2) is 72.8 Å². The van der Waals surface area contributed by atoms with E-state index in [0.717, 1.165) is 23.4 Å². The van der Waals surface area contributed by atoms with Gasteiger partial charge in [0.25, 0.3) is 0 Å². The molecule has 0 bridgehead atoms. The Balaban J connectivity index is 1.82. The molecule has 2 rings (SSSR count). The van der Waals surface area contributed by atoms with Crippen molar-refractivity contribution in [1.82, 2.24) is 0 Å². The molecule has 0 heterocycles. The molecule has 3 nitrogen and oxygen atoms in total. The Kier molecular flexibility index (Phi) is 6.66. The lowest BCUT2D eigenvalue weighted by Crippen LogP contribution is -2.07. The van der Waals surface area contributed by atoms with Crippen molar-refractivity contribution in [1.29, 1.82) is 0 Å². The average Bonchev–Trinajstić information content (AvgIpc) is 2.59. The van der Waals surface area contributed by atoms with Gasteiger partial charge in [-0.05, 0) is 36.2 Å². The van der Waals surface area contributed by atoms with E-state index in [4.69, 9.17) is 4.74 Å². The first kappa shape index (κ1) is 16.6. The second kappa shape index (κ2) is 9.26. The molecule has 0 atom stereocenters. The highest BCUT2D eigenvalue weighted by molar-refractivity contribution is 5.99. The van der Waals surface area contributed by atoms with E-state index in [1.807, 2.05) is 66.7 Å². The number of carbonyl (C=O) groups excluding carboxylic acids is 1. The van der Waals surface area contributed by atoms with Crippen LogP contribution in [-0.4, -0.2) is 12.5 Å². The molecule has 0 saturated heterocycles. The number of allylic oxidation sites excluding steroid dienone is 2. The van der Waals surface area contributed by atoms with E-state index in [2.05, 4.69) is 12.2 Å². The van der Waals surface area contributed by atoms with Crippen LogP contribution in [0.25, 0.3) is 6.08 Å². The highest BCUT2D eigenvalue weighted by atomic mass is 16.5. The molecule has 1 amide bonds. The molecule has 0 aromatic heterocycles. The molecule has 0 saturated carbocycles. The van der Waals surface area contributed by atoms with E-state index in [-0.39, 0.29) is 5.91 Å². The van der Waals surface area contributed by atoms with Crippen LogP contribution in [0.2, 0.25) is 0 Å². The maximum atomic E-state index is 11.8. The molecule has 0 radical (unpaired) electrons. The van der Waals surface area contributed by atoms with Gasteiger partial charge in [0.15, 0.2) is 0 Å². The highest BCUT2D eigenvalue weighted by Crippen LogP contribution is 2.15. The Morgan fingerprint density at radius 3 is 2.48 bits per heavy atom. The Labute approximate surface area is 137 Å². The van der Waals surface area contributed by atoms with Crippen LogP contribution in [0.1, 0.15) is 18.9 Å². The summed E-state index contributed by atoms with van der Waals surface area (Å²) in [6.07, 6.45) is 7.99. The summed E-state index contributed by atoms with van der Waals surface area (Å²) in [4.78, 5) is 11.8. The van der Waals surface area contributed by atoms with Crippen molar-refractivity contribution in [3.8, 4) is 5.75 Å². The fraction of sp³-hybridized carbons (Fsp3) is 0.150. The summed E-state index contributed by atoms with van der Waals surface area (Å²) >= 11 is 0. The zero-order chi connectivity index (χ0) is 16.3. The van der Waals surface area contributed by atoms with E-state index in [1.165, 1.54) is 6.08 Å². The molecule has 118 valence electrons. The second-order valence-corrected chi connectivity index (χ2v) is 4.99. The number of hydrogen-bond acceptors (Lipinski definition) is 2. The minimum atomic E-state index is -0.162. The number of nitrogens with one attached hydrogen (secondary N) is 1. The number of carbonyl (C=O) groups is 1. The van der Waals surface area contributed by atoms with Gasteiger partial charge in [0.1, 0.15) is 5.75 Å². The maximum absolute atomic E-state index is 11.8. The molecule has 0 spiro atoms. The van der Waals surface area contributed by atoms with E-state index < -0.39 is 0 Å². The number of rotatable bonds is 7. The van der Waals surface area contributed by atoms with Crippen molar-refractivity contribution in [2.45, 2.75) is 13.3 Å². The van der Waals surface area contributed by atoms with Crippen molar-refractivity contribution in [2.75, 3.05) is 11.9 Å². The minimum absolute atomic E-state index is 0.162. The standard InChI is InChI=1S/C20H21NO2/c1-2-16-23-19-14-12-18(13-15-19)21-20(22)11-7-6-10-17-8-4-3-5-9-17/h3-15H,2,16H2,1H3,(H,21,22). The van der Waals surface area contributed by atoms with Gasteiger partial charge in [-0.15, -0.1) is 0 Å². The minimum Gasteiger partial charge on any atom is -0.494 e. The number of anilines is 1. The zero-order valence-electron chi connectivity index (χ0n) is 13.2. The molecule has 0 fully saturated rings. The molecule has 3 heteroatoms. The predicted octanol–water partition coefficient (Wildman–Crippen LogP) is 4.68. The first-order chi connectivity index (χ1) is 11.3. The summed E-state index contributed by atoms with van der Waals surface area (Å²) < 4.78 is 5.50. The fourth-order valence-corrected chi connectivity index (χ4v) is 1.91. The fourth-order valence-electron chi connectivity index (χ4n) is 1.91. The normalized spacial score (nSPS) is 11.0. The van der Waals surface area contributed by atoms with Crippen LogP contribution in [0, 0.1) is 0 Å². The quantitative estimate of drug-likeness (QED) is 0.595. The summed E-state index contributed by atoms with van der Waals surface area (Å²) in [5, 5.41) is 2.81. The second-order valence-electron chi connectivity index (χ2n) is 4.99. The molecule has 2 aromatic rings. The van der Waals surface area contributed by atoms with Gasteiger partial charge in [0.05, 0.1) is 6.61 Å². The summed E-state index contributed by atoms with van der Waals surface area (Å²) in [6.45, 7) is 2.76. The van der Waals surface area contributed by atoms with Gasteiger partial charge < -0.3 is 10.1 Å². The molecule has 1 N–H and O–H groups in total. The topological polar surface area (TPSA) is 38.3 Å². The Bertz CT molecular complexity index is 658. The van der Waals surface area contributed by atoms with Crippen LogP contribution in [0.3, 0.4) is 0 Å². The van der Waals surface area contributed by atoms with Crippen LogP contribution in [0.5, 0.6) is 5.75 Å². The van der Waals surface area contributed by atoms with E-state index in [9.17, 15) is 4.79 Å². The molecule has 2 aromatic carbocycles. The van der Waals surface area contributed by atoms with Crippen molar-refractivity contribution < 1.29 is 9.53 Å². The lowest BCUT2D eigenvalue weighted by molar-refractivity contribution is -0.111. The van der Waals surface area contributed by atoms with Crippen LogP contribution < -0.4 is 10.1 Å². The number of ether oxygens (including phenoxy) is 1. The third-order valence-corrected chi connectivity index (χ3v) is 3.04. The van der Waals surface area contributed by atoms with Crippen molar-refractivity contribution >= 4 is 17.7 Å². The lowest BCUT2D eigenvalue weighted by Gasteiger charge is -2.06. The van der Waals surface area contributed by atoms with Crippen molar-refractivity contribution in [2.24, 2.45) is 0 Å². The highest BCUT2D eigenvalue weighted by Gasteiger charge is 1.98. The molecule has 0 aliphatic carbocycles. The Morgan fingerprint density at radius 1 is 1.04 bits per heavy atom. The third kappa shape index (κ3) is 6.22. The van der Waals surface area contributed by atoms with Gasteiger partial charge in [-0.3, -0.25) is 4.79 Å². The average molecular weight is 307 g/mol. The lowest BCUT2D eigenvalue weighted by atomic mass is 10.2. The largest absolute Gasteiger partial charge is 0.494 e. The van der Waals surface area contributed by atoms with Gasteiger partial charge in [-0.1, -0.05) is 55.5 Å². The van der Waals surface area contributed by atoms with Gasteiger partial charge in [-0.2, -0.15) is 0 Å². The van der Waals surface area contributed by atoms with Gasteiger partial charge in [-0.25, -0.2) is 0 Å². The van der Waals surface area contributed by atoms with E-state index in [1.54, 1.807) is 6.08 Å². The smallest absolute Gasteiger partial charge is 0.248 e. The first-order valence-corrected chi connectivity index (χ1v) is 7.71. The zero-order valence-corrected chi connectivity index (χ0v) is 13.2. The van der Waals surface area contributed by atoms with Crippen LogP contribution in [0.4, 0.5) is 5.69 Å². The molecule has 0 unspecified atom stereocenters. The van der Waals surface area contributed by atoms with Crippen molar-refractivity contribution in [3.05, 3.63) is 78.4 Å². The number of amides is 1. The van der Waals surface area contributed by atoms with Crippen LogP contribution >= 0.6 is 0 Å². The van der Waals surface area contributed by atoms with Gasteiger partial charge >= 0.3 is 0 Å². The van der Waals surface area contributed by atoms with Gasteiger partial charge in [0, 0.05) is 11.8 Å². The van der Waals surface area contributed by atoms with E-state index in [0.29, 0.717) is 6.61 Å². The Morgan fingerprint density at radius 2 is 1.78 bits per heavy atom. The summed E-state index contributed by atoms with van der Waals surface area (Å²) in [5.41, 5.74) is 1.84. The Hall–Kier alpha value is -2.81. The molecule has 0 aliphatic heterocycles. The van der Waals surface area contributed by atoms with Crippen molar-refractivity contribution in [3.63, 3.8) is 0 Å². The predicted molar refractivity (Wildman–Crippen MR) is 95.5 cm³/mol. The third-order valence-electron chi connectivity index (χ3n) is 3.04. The van der Waals surface area contributed by atoms with Gasteiger partial charge in [0.2, 0.25) is 5.91 Å². The van der Waals surface area contributed by atoms with Crippen LogP contribution in [-0.2, 0) is 4.79 Å². The molecular formula is C20H21NO2. The summed E-state index contributed by atoms with van der Waals surface area (Å²) in [5.74, 6) is 0.649. The summed E-state index contributed by atoms with van der Waals surface area (Å²) in [7, 11) is 0. The molecule has 23 heavy (non-hydrogen) atoms. The number of benzene rings is 2. The first-order valence-electron chi connectivity index (χ1n) is 7.71. The molecule has 0 aliphatic rings. The summed E-state index contributed by atoms with van der Waals surface area (Å²) in [6, 6.07) is 17.3. The van der Waals surface area contributed by atoms with E-state index >= 15 is 0 Å². The maximum Gasteiger partial charge on any atom is 0.248 e. The molecular weight excluding hydrogens is 286 g/mol. The SMILES string of the molecule is CCCOc1ccc(NC(=O)C=CC=Cc2ccccc2)cc1. The number of hydrogen-bond donors (Lipinski definition) is 1. The monoisotopic (exact) mass is 307 g/mol.